The van der Waals surface area contributed by atoms with Gasteiger partial charge in [0, 0.05) is 29.3 Å². The van der Waals surface area contributed by atoms with Gasteiger partial charge in [-0.05, 0) is 49.4 Å². The van der Waals surface area contributed by atoms with Gasteiger partial charge in [0.1, 0.15) is 6.67 Å². The van der Waals surface area contributed by atoms with E-state index in [0.717, 1.165) is 33.4 Å². The van der Waals surface area contributed by atoms with Crippen LogP contribution >= 0.6 is 0 Å². The topological polar surface area (TPSA) is 108 Å². The monoisotopic (exact) mass is 457 g/mol. The van der Waals surface area contributed by atoms with Crippen molar-refractivity contribution < 1.29 is 9.50 Å². The number of benzene rings is 1. The van der Waals surface area contributed by atoms with Crippen LogP contribution < -0.4 is 5.73 Å². The van der Waals surface area contributed by atoms with Gasteiger partial charge < -0.3 is 10.8 Å². The zero-order valence-corrected chi connectivity index (χ0v) is 18.9. The van der Waals surface area contributed by atoms with E-state index in [1.54, 1.807) is 23.0 Å². The fourth-order valence-electron chi connectivity index (χ4n) is 3.93. The first-order valence-corrected chi connectivity index (χ1v) is 10.9. The van der Waals surface area contributed by atoms with Crippen molar-refractivity contribution in [1.82, 2.24) is 29.5 Å². The first-order chi connectivity index (χ1) is 16.5. The molecular formula is C25H24FN7O. The molecule has 5 rings (SSSR count). The van der Waals surface area contributed by atoms with Crippen molar-refractivity contribution in [3.8, 4) is 28.3 Å². The number of nitrogens with two attached hydrogens (primary N) is 1. The molecule has 1 aromatic carbocycles. The summed E-state index contributed by atoms with van der Waals surface area (Å²) in [6.07, 6.45) is 1.79. The van der Waals surface area contributed by atoms with Gasteiger partial charge in [-0.15, -0.1) is 0 Å². The van der Waals surface area contributed by atoms with Crippen LogP contribution in [0.15, 0.2) is 60.8 Å². The third kappa shape index (κ3) is 3.85. The van der Waals surface area contributed by atoms with E-state index >= 15 is 0 Å². The van der Waals surface area contributed by atoms with Crippen LogP contribution in [0.25, 0.3) is 39.2 Å². The lowest BCUT2D eigenvalue weighted by molar-refractivity contribution is 0.276. The van der Waals surface area contributed by atoms with Crippen molar-refractivity contribution in [3.05, 3.63) is 77.9 Å². The molecule has 4 aromatic heterocycles. The van der Waals surface area contributed by atoms with Gasteiger partial charge in [0.2, 0.25) is 0 Å². The van der Waals surface area contributed by atoms with E-state index in [1.807, 2.05) is 61.1 Å². The summed E-state index contributed by atoms with van der Waals surface area (Å²) in [5.74, 6) is 0.586. The minimum Gasteiger partial charge on any atom is -0.390 e. The molecule has 0 fully saturated rings. The average Bonchev–Trinajstić information content (AvgIpc) is 3.45. The van der Waals surface area contributed by atoms with E-state index in [9.17, 15) is 9.50 Å². The van der Waals surface area contributed by atoms with E-state index < -0.39 is 12.7 Å². The molecule has 4 heterocycles. The highest BCUT2D eigenvalue weighted by atomic mass is 19.1. The highest BCUT2D eigenvalue weighted by Crippen LogP contribution is 2.34. The summed E-state index contributed by atoms with van der Waals surface area (Å²) < 4.78 is 16.7. The molecule has 0 aliphatic rings. The van der Waals surface area contributed by atoms with Gasteiger partial charge >= 0.3 is 0 Å². The molecule has 1 unspecified atom stereocenters. The largest absolute Gasteiger partial charge is 0.390 e. The quantitative estimate of drug-likeness (QED) is 0.403. The van der Waals surface area contributed by atoms with E-state index in [4.69, 9.17) is 5.73 Å². The van der Waals surface area contributed by atoms with Gasteiger partial charge in [0.05, 0.1) is 47.1 Å². The molecule has 9 heteroatoms. The Hall–Kier alpha value is -3.95. The first-order valence-electron chi connectivity index (χ1n) is 10.9. The zero-order chi connectivity index (χ0) is 23.8. The molecule has 3 N–H and O–H groups in total. The molecule has 0 aliphatic carbocycles. The van der Waals surface area contributed by atoms with Crippen LogP contribution in [0, 0.1) is 6.92 Å². The normalized spacial score (nSPS) is 12.4. The molecule has 0 saturated carbocycles. The maximum absolute atomic E-state index is 13.2. The molecule has 1 atom stereocenters. The van der Waals surface area contributed by atoms with Crippen molar-refractivity contribution in [1.29, 1.82) is 0 Å². The number of hydrogen-bond acceptors (Lipinski definition) is 6. The summed E-state index contributed by atoms with van der Waals surface area (Å²) in [7, 11) is 1.90. The lowest BCUT2D eigenvalue weighted by Crippen LogP contribution is -2.14. The molecule has 0 amide bonds. The Morgan fingerprint density at radius 1 is 1.06 bits per heavy atom. The number of fused-ring (bicyclic) bond motifs is 1. The summed E-state index contributed by atoms with van der Waals surface area (Å²) in [5, 5.41) is 19.7. The molecule has 172 valence electrons. The van der Waals surface area contributed by atoms with Crippen molar-refractivity contribution in [2.45, 2.75) is 19.6 Å². The number of aryl methyl sites for hydroxylation is 2. The van der Waals surface area contributed by atoms with E-state index in [-0.39, 0.29) is 6.61 Å². The van der Waals surface area contributed by atoms with Gasteiger partial charge in [0.15, 0.2) is 5.82 Å². The van der Waals surface area contributed by atoms with E-state index in [2.05, 4.69) is 20.2 Å². The van der Waals surface area contributed by atoms with E-state index in [0.29, 0.717) is 22.9 Å². The number of aromatic nitrogens is 6. The number of nitrogens with zero attached hydrogens (tertiary/aromatic N) is 6. The minimum atomic E-state index is -0.780. The summed E-state index contributed by atoms with van der Waals surface area (Å²) in [5.41, 5.74) is 11.9. The molecule has 0 saturated heterocycles. The van der Waals surface area contributed by atoms with Crippen LogP contribution in [0.3, 0.4) is 0 Å². The number of halogens is 1. The summed E-state index contributed by atoms with van der Waals surface area (Å²) in [6, 6.07) is 16.1. The first kappa shape index (κ1) is 21.9. The highest BCUT2D eigenvalue weighted by Gasteiger charge is 2.17. The third-order valence-corrected chi connectivity index (χ3v) is 5.86. The lowest BCUT2D eigenvalue weighted by atomic mass is 10.0. The zero-order valence-electron chi connectivity index (χ0n) is 18.9. The Morgan fingerprint density at radius 2 is 1.88 bits per heavy atom. The van der Waals surface area contributed by atoms with Crippen molar-refractivity contribution in [2.24, 2.45) is 12.8 Å². The van der Waals surface area contributed by atoms with Crippen LogP contribution in [-0.4, -0.2) is 41.3 Å². The van der Waals surface area contributed by atoms with Crippen LogP contribution in [0.1, 0.15) is 23.1 Å². The van der Waals surface area contributed by atoms with Crippen molar-refractivity contribution in [3.63, 3.8) is 0 Å². The smallest absolute Gasteiger partial charge is 0.154 e. The van der Waals surface area contributed by atoms with Crippen LogP contribution in [0.2, 0.25) is 0 Å². The molecule has 0 radical (unpaired) electrons. The van der Waals surface area contributed by atoms with Gasteiger partial charge in [-0.25, -0.2) is 14.1 Å². The second-order valence-corrected chi connectivity index (χ2v) is 8.16. The van der Waals surface area contributed by atoms with Crippen LogP contribution in [0.5, 0.6) is 0 Å². The predicted molar refractivity (Wildman–Crippen MR) is 128 cm³/mol. The second-order valence-electron chi connectivity index (χ2n) is 8.16. The lowest BCUT2D eigenvalue weighted by Gasteiger charge is -2.11. The molecule has 0 aliphatic heterocycles. The molecule has 0 bridgehead atoms. The van der Waals surface area contributed by atoms with Crippen molar-refractivity contribution in [2.75, 3.05) is 6.67 Å². The molecule has 8 nitrogen and oxygen atoms in total. The Balaban J connectivity index is 1.76. The van der Waals surface area contributed by atoms with Gasteiger partial charge in [-0.2, -0.15) is 10.2 Å². The molecular weight excluding hydrogens is 433 g/mol. The van der Waals surface area contributed by atoms with Crippen LogP contribution in [0.4, 0.5) is 4.39 Å². The Bertz CT molecular complexity index is 1470. The van der Waals surface area contributed by atoms with Gasteiger partial charge in [-0.3, -0.25) is 9.67 Å². The van der Waals surface area contributed by atoms with Crippen LogP contribution in [-0.2, 0) is 13.7 Å². The van der Waals surface area contributed by atoms with Gasteiger partial charge in [-0.1, -0.05) is 12.1 Å². The number of alkyl halides is 1. The SMILES string of the molecule is Cc1cc(-c2cc(-c3cccc(C(N)CF)n3)cc3c2cnn3-c2cccc(CO)n2)nn1C. The highest BCUT2D eigenvalue weighted by molar-refractivity contribution is 5.97. The van der Waals surface area contributed by atoms with Gasteiger partial charge in [0.25, 0.3) is 0 Å². The number of aliphatic hydroxyl groups excluding tert-OH is 1. The number of rotatable bonds is 6. The maximum Gasteiger partial charge on any atom is 0.154 e. The summed E-state index contributed by atoms with van der Waals surface area (Å²) in [6.45, 7) is 1.14. The maximum atomic E-state index is 13.2. The van der Waals surface area contributed by atoms with E-state index in [1.165, 1.54) is 0 Å². The molecule has 0 spiro atoms. The predicted octanol–water partition coefficient (Wildman–Crippen LogP) is 3.65. The fourth-order valence-corrected chi connectivity index (χ4v) is 3.93. The third-order valence-electron chi connectivity index (χ3n) is 5.86. The average molecular weight is 458 g/mol. The second kappa shape index (κ2) is 8.77. The number of aliphatic hydroxyl groups is 1. The fraction of sp³-hybridized carbons (Fsp3) is 0.200. The molecule has 5 aromatic rings. The standard InChI is InChI=1S/C25H24FN7O/c1-15-9-23(31-32(15)2)18-10-16(21-6-4-7-22(30-21)20(27)12-26)11-24-19(18)13-28-33(24)25-8-3-5-17(14-34)29-25/h3-11,13,20,34H,12,14,27H2,1-2H3. The molecule has 34 heavy (non-hydrogen) atoms. The summed E-state index contributed by atoms with van der Waals surface area (Å²) >= 11 is 0. The Labute approximate surface area is 195 Å². The number of hydrogen-bond donors (Lipinski definition) is 2. The van der Waals surface area contributed by atoms with Crippen molar-refractivity contribution >= 4 is 10.9 Å². The minimum absolute atomic E-state index is 0.164. The Kier molecular flexibility index (Phi) is 5.64. The Morgan fingerprint density at radius 3 is 2.62 bits per heavy atom. The summed E-state index contributed by atoms with van der Waals surface area (Å²) in [4.78, 5) is 9.14. The number of pyridine rings is 2.